The van der Waals surface area contributed by atoms with Crippen molar-refractivity contribution in [1.82, 2.24) is 4.57 Å². The average molecular weight is 248 g/mol. The molecule has 1 heterocycles. The van der Waals surface area contributed by atoms with Crippen molar-refractivity contribution < 1.29 is 0 Å². The number of aryl methyl sites for hydroxylation is 1. The standard InChI is InChI=1S/C16H28N2/c1-11(2)8-9-12(3)18-13(4)10-14-15(17)6-5-7-16(14)18/h10-12,15H,5-9,17H2,1-4H3. The lowest BCUT2D eigenvalue weighted by atomic mass is 9.93. The van der Waals surface area contributed by atoms with Gasteiger partial charge in [-0.25, -0.2) is 0 Å². The van der Waals surface area contributed by atoms with Crippen molar-refractivity contribution in [1.29, 1.82) is 0 Å². The summed E-state index contributed by atoms with van der Waals surface area (Å²) in [7, 11) is 0. The molecule has 0 aromatic carbocycles. The van der Waals surface area contributed by atoms with Crippen LogP contribution in [0.25, 0.3) is 0 Å². The van der Waals surface area contributed by atoms with Gasteiger partial charge in [-0.3, -0.25) is 0 Å². The zero-order chi connectivity index (χ0) is 13.3. The molecule has 0 saturated heterocycles. The van der Waals surface area contributed by atoms with Gasteiger partial charge in [0.1, 0.15) is 0 Å². The molecule has 1 aromatic heterocycles. The average Bonchev–Trinajstić information content (AvgIpc) is 2.64. The van der Waals surface area contributed by atoms with E-state index in [0.29, 0.717) is 6.04 Å². The highest BCUT2D eigenvalue weighted by atomic mass is 15.0. The molecule has 0 aliphatic heterocycles. The highest BCUT2D eigenvalue weighted by Gasteiger charge is 2.23. The van der Waals surface area contributed by atoms with Crippen molar-refractivity contribution in [3.05, 3.63) is 23.0 Å². The molecule has 0 radical (unpaired) electrons. The van der Waals surface area contributed by atoms with Crippen molar-refractivity contribution in [2.45, 2.75) is 71.9 Å². The number of rotatable bonds is 4. The maximum absolute atomic E-state index is 6.24. The number of nitrogens with two attached hydrogens (primary N) is 1. The van der Waals surface area contributed by atoms with Crippen LogP contribution in [0.2, 0.25) is 0 Å². The van der Waals surface area contributed by atoms with Crippen molar-refractivity contribution >= 4 is 0 Å². The fourth-order valence-corrected chi connectivity index (χ4v) is 3.28. The van der Waals surface area contributed by atoms with E-state index in [1.165, 1.54) is 42.6 Å². The molecule has 0 amide bonds. The first kappa shape index (κ1) is 13.7. The number of hydrogen-bond donors (Lipinski definition) is 1. The maximum Gasteiger partial charge on any atom is 0.0313 e. The van der Waals surface area contributed by atoms with E-state index in [-0.39, 0.29) is 6.04 Å². The van der Waals surface area contributed by atoms with E-state index >= 15 is 0 Å². The molecule has 1 aromatic rings. The second-order valence-corrected chi connectivity index (χ2v) is 6.38. The topological polar surface area (TPSA) is 30.9 Å². The molecule has 0 spiro atoms. The first-order valence-electron chi connectivity index (χ1n) is 7.47. The molecule has 2 N–H and O–H groups in total. The van der Waals surface area contributed by atoms with Crippen LogP contribution in [-0.4, -0.2) is 4.57 Å². The molecule has 1 aliphatic carbocycles. The molecule has 102 valence electrons. The number of aromatic nitrogens is 1. The first-order valence-corrected chi connectivity index (χ1v) is 7.47. The predicted molar refractivity (Wildman–Crippen MR) is 77.8 cm³/mol. The van der Waals surface area contributed by atoms with Gasteiger partial charge in [-0.2, -0.15) is 0 Å². The Morgan fingerprint density at radius 2 is 2.06 bits per heavy atom. The van der Waals surface area contributed by atoms with Crippen molar-refractivity contribution in [2.24, 2.45) is 11.7 Å². The van der Waals surface area contributed by atoms with E-state index < -0.39 is 0 Å². The fourth-order valence-electron chi connectivity index (χ4n) is 3.28. The third-order valence-electron chi connectivity index (χ3n) is 4.30. The molecule has 0 saturated carbocycles. The van der Waals surface area contributed by atoms with Gasteiger partial charge in [-0.05, 0) is 63.5 Å². The van der Waals surface area contributed by atoms with Gasteiger partial charge in [0.15, 0.2) is 0 Å². The number of nitrogens with zero attached hydrogens (tertiary/aromatic N) is 1. The summed E-state index contributed by atoms with van der Waals surface area (Å²) in [5.74, 6) is 0.793. The smallest absolute Gasteiger partial charge is 0.0313 e. The Kier molecular flexibility index (Phi) is 4.16. The van der Waals surface area contributed by atoms with Gasteiger partial charge in [0.2, 0.25) is 0 Å². The zero-order valence-electron chi connectivity index (χ0n) is 12.4. The minimum Gasteiger partial charge on any atom is -0.346 e. The lowest BCUT2D eigenvalue weighted by Gasteiger charge is -2.25. The van der Waals surface area contributed by atoms with E-state index in [2.05, 4.69) is 38.3 Å². The summed E-state index contributed by atoms with van der Waals surface area (Å²) in [6, 6.07) is 3.21. The second-order valence-electron chi connectivity index (χ2n) is 6.38. The van der Waals surface area contributed by atoms with Crippen LogP contribution < -0.4 is 5.73 Å². The van der Waals surface area contributed by atoms with E-state index in [1.54, 1.807) is 0 Å². The van der Waals surface area contributed by atoms with Gasteiger partial charge in [0, 0.05) is 23.5 Å². The SMILES string of the molecule is Cc1cc2c(n1C(C)CCC(C)C)CCCC2N. The molecule has 2 unspecified atom stereocenters. The van der Waals surface area contributed by atoms with Gasteiger partial charge in [-0.1, -0.05) is 13.8 Å². The Morgan fingerprint density at radius 1 is 1.33 bits per heavy atom. The molecule has 2 heteroatoms. The fraction of sp³-hybridized carbons (Fsp3) is 0.750. The lowest BCUT2D eigenvalue weighted by molar-refractivity contribution is 0.418. The molecule has 0 bridgehead atoms. The minimum atomic E-state index is 0.269. The maximum atomic E-state index is 6.24. The van der Waals surface area contributed by atoms with E-state index in [0.717, 1.165) is 12.3 Å². The molecular formula is C16H28N2. The summed E-state index contributed by atoms with van der Waals surface area (Å²) in [6.45, 7) is 9.20. The summed E-state index contributed by atoms with van der Waals surface area (Å²) in [5, 5.41) is 0. The van der Waals surface area contributed by atoms with E-state index in [4.69, 9.17) is 5.73 Å². The molecule has 0 fully saturated rings. The third kappa shape index (κ3) is 2.64. The molecule has 2 nitrogen and oxygen atoms in total. The van der Waals surface area contributed by atoms with Gasteiger partial charge in [0.05, 0.1) is 0 Å². The van der Waals surface area contributed by atoms with Crippen LogP contribution in [0.15, 0.2) is 6.07 Å². The summed E-state index contributed by atoms with van der Waals surface area (Å²) in [4.78, 5) is 0. The van der Waals surface area contributed by atoms with Crippen LogP contribution in [0.1, 0.15) is 75.5 Å². The quantitative estimate of drug-likeness (QED) is 0.853. The molecule has 1 aliphatic rings. The summed E-state index contributed by atoms with van der Waals surface area (Å²) < 4.78 is 2.55. The molecule has 2 rings (SSSR count). The van der Waals surface area contributed by atoms with Gasteiger partial charge in [0.25, 0.3) is 0 Å². The Hall–Kier alpha value is -0.760. The Bertz CT molecular complexity index is 403. The summed E-state index contributed by atoms with van der Waals surface area (Å²) in [5.41, 5.74) is 10.6. The summed E-state index contributed by atoms with van der Waals surface area (Å²) >= 11 is 0. The zero-order valence-corrected chi connectivity index (χ0v) is 12.4. The van der Waals surface area contributed by atoms with Gasteiger partial charge in [-0.15, -0.1) is 0 Å². The second kappa shape index (κ2) is 5.48. The van der Waals surface area contributed by atoms with Crippen LogP contribution in [0, 0.1) is 12.8 Å². The van der Waals surface area contributed by atoms with Crippen molar-refractivity contribution in [3.63, 3.8) is 0 Å². The molecule has 2 atom stereocenters. The largest absolute Gasteiger partial charge is 0.346 e. The predicted octanol–water partition coefficient (Wildman–Crippen LogP) is 4.13. The van der Waals surface area contributed by atoms with Crippen LogP contribution >= 0.6 is 0 Å². The Morgan fingerprint density at radius 3 is 2.72 bits per heavy atom. The van der Waals surface area contributed by atoms with Gasteiger partial charge >= 0.3 is 0 Å². The Balaban J connectivity index is 2.22. The molecule has 18 heavy (non-hydrogen) atoms. The highest BCUT2D eigenvalue weighted by molar-refractivity contribution is 5.33. The van der Waals surface area contributed by atoms with Gasteiger partial charge < -0.3 is 10.3 Å². The van der Waals surface area contributed by atoms with Crippen LogP contribution in [-0.2, 0) is 6.42 Å². The Labute approximate surface area is 112 Å². The number of hydrogen-bond acceptors (Lipinski definition) is 1. The van der Waals surface area contributed by atoms with Crippen molar-refractivity contribution in [3.8, 4) is 0 Å². The monoisotopic (exact) mass is 248 g/mol. The van der Waals surface area contributed by atoms with Crippen LogP contribution in [0.5, 0.6) is 0 Å². The van der Waals surface area contributed by atoms with Crippen LogP contribution in [0.3, 0.4) is 0 Å². The van der Waals surface area contributed by atoms with E-state index in [1.807, 2.05) is 0 Å². The minimum absolute atomic E-state index is 0.269. The highest BCUT2D eigenvalue weighted by Crippen LogP contribution is 2.33. The normalized spacial score (nSPS) is 21.1. The van der Waals surface area contributed by atoms with Crippen LogP contribution in [0.4, 0.5) is 0 Å². The van der Waals surface area contributed by atoms with E-state index in [9.17, 15) is 0 Å². The summed E-state index contributed by atoms with van der Waals surface area (Å²) in [6.07, 6.45) is 6.18. The molecular weight excluding hydrogens is 220 g/mol. The third-order valence-corrected chi connectivity index (χ3v) is 4.30. The lowest BCUT2D eigenvalue weighted by Crippen LogP contribution is -2.19. The van der Waals surface area contributed by atoms with Crippen molar-refractivity contribution in [2.75, 3.05) is 0 Å². The first-order chi connectivity index (χ1) is 8.50. The number of fused-ring (bicyclic) bond motifs is 1.